The highest BCUT2D eigenvalue weighted by atomic mass is 16.3. The van der Waals surface area contributed by atoms with Crippen molar-refractivity contribution >= 4 is 39.8 Å². The molecule has 0 spiro atoms. The van der Waals surface area contributed by atoms with E-state index >= 15 is 0 Å². The molecule has 1 saturated carbocycles. The number of pyridine rings is 1. The first-order valence-corrected chi connectivity index (χ1v) is 8.37. The van der Waals surface area contributed by atoms with Gasteiger partial charge in [-0.1, -0.05) is 0 Å². The number of hydrogen-bond donors (Lipinski definition) is 3. The Morgan fingerprint density at radius 1 is 1.42 bits per heavy atom. The van der Waals surface area contributed by atoms with E-state index in [0.717, 1.165) is 5.39 Å². The average molecular weight is 351 g/mol. The number of nitrogens with one attached hydrogen (secondary N) is 1. The van der Waals surface area contributed by atoms with Gasteiger partial charge in [-0.2, -0.15) is 5.26 Å². The number of nitrogen functional groups attached to an aromatic ring is 1. The monoisotopic (exact) mass is 351 g/mol. The molecule has 1 aromatic heterocycles. The summed E-state index contributed by atoms with van der Waals surface area (Å²) in [6.45, 7) is 0.427. The molecule has 2 amide bonds. The maximum Gasteiger partial charge on any atom is 0.255 e. The fourth-order valence-corrected chi connectivity index (χ4v) is 3.26. The Morgan fingerprint density at radius 3 is 2.88 bits per heavy atom. The van der Waals surface area contributed by atoms with E-state index in [-0.39, 0.29) is 23.7 Å². The van der Waals surface area contributed by atoms with Gasteiger partial charge in [-0.15, -0.1) is 0 Å². The van der Waals surface area contributed by atoms with Crippen molar-refractivity contribution < 1.29 is 14.7 Å². The van der Waals surface area contributed by atoms with Gasteiger partial charge in [0.2, 0.25) is 5.91 Å². The second kappa shape index (κ2) is 5.97. The molecule has 1 aromatic carbocycles. The molecule has 8 nitrogen and oxygen atoms in total. The van der Waals surface area contributed by atoms with Crippen LogP contribution in [-0.4, -0.2) is 34.6 Å². The van der Waals surface area contributed by atoms with Gasteiger partial charge in [-0.25, -0.2) is 4.98 Å². The minimum Gasteiger partial charge on any atom is -0.398 e. The lowest BCUT2D eigenvalue weighted by Gasteiger charge is -2.18. The minimum atomic E-state index is -0.981. The summed E-state index contributed by atoms with van der Waals surface area (Å²) in [5, 5.41) is 22.6. The van der Waals surface area contributed by atoms with Gasteiger partial charge in [-0.3, -0.25) is 9.59 Å². The number of rotatable bonds is 3. The molecule has 4 N–H and O–H groups in total. The molecule has 3 atom stereocenters. The summed E-state index contributed by atoms with van der Waals surface area (Å²) < 4.78 is 0. The highest BCUT2D eigenvalue weighted by molar-refractivity contribution is 6.04. The zero-order valence-electron chi connectivity index (χ0n) is 13.8. The van der Waals surface area contributed by atoms with Gasteiger partial charge in [0.05, 0.1) is 17.9 Å². The molecule has 1 aliphatic heterocycles. The normalized spacial score (nSPS) is 24.5. The van der Waals surface area contributed by atoms with E-state index in [2.05, 4.69) is 16.4 Å². The van der Waals surface area contributed by atoms with Crippen LogP contribution in [0.5, 0.6) is 0 Å². The lowest BCUT2D eigenvalue weighted by Crippen LogP contribution is -2.29. The van der Waals surface area contributed by atoms with Crippen LogP contribution in [-0.2, 0) is 9.59 Å². The van der Waals surface area contributed by atoms with E-state index in [1.54, 1.807) is 24.4 Å². The van der Waals surface area contributed by atoms with Crippen molar-refractivity contribution in [3.8, 4) is 6.07 Å². The maximum absolute atomic E-state index is 12.1. The molecule has 4 rings (SSSR count). The Labute approximate surface area is 149 Å². The fraction of sp³-hybridized carbons (Fsp3) is 0.333. The van der Waals surface area contributed by atoms with Crippen LogP contribution in [0.25, 0.3) is 10.8 Å². The summed E-state index contributed by atoms with van der Waals surface area (Å²) in [4.78, 5) is 29.8. The number of carbonyl (C=O) groups is 2. The standard InChI is InChI=1S/C18H17N5O3/c19-7-10-4-12(10)17(25)22-16-5-9-3-11(6-14(20)13(9)8-21-16)23-2-1-15(24)18(23)26/h3,5-6,8,10,12,15,24H,1-2,4,20H2,(H,21,22,25)/t10-,12+,15-/m0/s1. The van der Waals surface area contributed by atoms with E-state index < -0.39 is 6.10 Å². The SMILES string of the molecule is N#C[C@@H]1C[C@H]1C(=O)Nc1cc2cc(N3CC[C@H](O)C3=O)cc(N)c2cn1. The van der Waals surface area contributed by atoms with Gasteiger partial charge in [0, 0.05) is 35.9 Å². The van der Waals surface area contributed by atoms with E-state index in [4.69, 9.17) is 11.0 Å². The topological polar surface area (TPSA) is 132 Å². The second-order valence-corrected chi connectivity index (χ2v) is 6.69. The molecule has 2 aliphatic rings. The molecule has 0 radical (unpaired) electrons. The number of aliphatic hydroxyl groups excluding tert-OH is 1. The van der Waals surface area contributed by atoms with Crippen molar-refractivity contribution in [1.29, 1.82) is 5.26 Å². The largest absolute Gasteiger partial charge is 0.398 e. The first-order chi connectivity index (χ1) is 12.5. The number of benzene rings is 1. The zero-order valence-corrected chi connectivity index (χ0v) is 13.8. The minimum absolute atomic E-state index is 0.217. The Balaban J connectivity index is 1.63. The molecule has 1 saturated heterocycles. The zero-order chi connectivity index (χ0) is 18.4. The first kappa shape index (κ1) is 16.3. The van der Waals surface area contributed by atoms with Crippen molar-refractivity contribution in [2.75, 3.05) is 22.5 Å². The number of nitrogens with zero attached hydrogens (tertiary/aromatic N) is 3. The summed E-state index contributed by atoms with van der Waals surface area (Å²) in [6, 6.07) is 7.24. The number of hydrogen-bond acceptors (Lipinski definition) is 6. The van der Waals surface area contributed by atoms with E-state index in [0.29, 0.717) is 42.0 Å². The average Bonchev–Trinajstić information content (AvgIpc) is 3.34. The molecule has 2 heterocycles. The van der Waals surface area contributed by atoms with Gasteiger partial charge in [-0.05, 0) is 30.0 Å². The Bertz CT molecular complexity index is 967. The van der Waals surface area contributed by atoms with Crippen LogP contribution in [0, 0.1) is 23.2 Å². The van der Waals surface area contributed by atoms with Gasteiger partial charge in [0.15, 0.2) is 0 Å². The van der Waals surface area contributed by atoms with Crippen LogP contribution in [0.15, 0.2) is 24.4 Å². The number of aromatic nitrogens is 1. The van der Waals surface area contributed by atoms with Gasteiger partial charge < -0.3 is 21.1 Å². The number of fused-ring (bicyclic) bond motifs is 1. The van der Waals surface area contributed by atoms with Crippen molar-refractivity contribution in [2.45, 2.75) is 18.9 Å². The Kier molecular flexibility index (Phi) is 3.74. The summed E-state index contributed by atoms with van der Waals surface area (Å²) in [5.41, 5.74) is 7.15. The van der Waals surface area contributed by atoms with Crippen LogP contribution < -0.4 is 16.0 Å². The lowest BCUT2D eigenvalue weighted by atomic mass is 10.1. The summed E-state index contributed by atoms with van der Waals surface area (Å²) in [6.07, 6.45) is 1.55. The number of aliphatic hydroxyl groups is 1. The number of amides is 2. The molecule has 0 unspecified atom stereocenters. The van der Waals surface area contributed by atoms with Gasteiger partial charge in [0.1, 0.15) is 11.9 Å². The second-order valence-electron chi connectivity index (χ2n) is 6.69. The quantitative estimate of drug-likeness (QED) is 0.707. The number of nitriles is 1. The van der Waals surface area contributed by atoms with Crippen molar-refractivity contribution in [3.63, 3.8) is 0 Å². The van der Waals surface area contributed by atoms with E-state index in [1.807, 2.05) is 0 Å². The smallest absolute Gasteiger partial charge is 0.255 e. The number of carbonyl (C=O) groups excluding carboxylic acids is 2. The van der Waals surface area contributed by atoms with Crippen molar-refractivity contribution in [2.24, 2.45) is 11.8 Å². The third-order valence-electron chi connectivity index (χ3n) is 4.89. The number of nitrogens with two attached hydrogens (primary N) is 1. The van der Waals surface area contributed by atoms with Gasteiger partial charge >= 0.3 is 0 Å². The molecule has 8 heteroatoms. The molecule has 132 valence electrons. The first-order valence-electron chi connectivity index (χ1n) is 8.37. The summed E-state index contributed by atoms with van der Waals surface area (Å²) >= 11 is 0. The van der Waals surface area contributed by atoms with E-state index in [1.165, 1.54) is 4.90 Å². The van der Waals surface area contributed by atoms with Crippen LogP contribution >= 0.6 is 0 Å². The molecular formula is C18H17N5O3. The van der Waals surface area contributed by atoms with Gasteiger partial charge in [0.25, 0.3) is 5.91 Å². The predicted octanol–water partition coefficient (Wildman–Crippen LogP) is 1.01. The molecule has 1 aliphatic carbocycles. The third-order valence-corrected chi connectivity index (χ3v) is 4.89. The van der Waals surface area contributed by atoms with Crippen LogP contribution in [0.3, 0.4) is 0 Å². The molecular weight excluding hydrogens is 334 g/mol. The predicted molar refractivity (Wildman–Crippen MR) is 95.0 cm³/mol. The summed E-state index contributed by atoms with van der Waals surface area (Å²) in [7, 11) is 0. The number of anilines is 3. The van der Waals surface area contributed by atoms with Crippen molar-refractivity contribution in [3.05, 3.63) is 24.4 Å². The molecule has 2 fully saturated rings. The third kappa shape index (κ3) is 2.72. The van der Waals surface area contributed by atoms with E-state index in [9.17, 15) is 14.7 Å². The molecule has 0 bridgehead atoms. The van der Waals surface area contributed by atoms with Crippen LogP contribution in [0.4, 0.5) is 17.2 Å². The Morgan fingerprint density at radius 2 is 2.23 bits per heavy atom. The highest BCUT2D eigenvalue weighted by Crippen LogP contribution is 2.38. The fourth-order valence-electron chi connectivity index (χ4n) is 3.26. The highest BCUT2D eigenvalue weighted by Gasteiger charge is 2.43. The molecule has 2 aromatic rings. The van der Waals surface area contributed by atoms with Crippen LogP contribution in [0.1, 0.15) is 12.8 Å². The lowest BCUT2D eigenvalue weighted by molar-refractivity contribution is -0.124. The molecule has 26 heavy (non-hydrogen) atoms. The summed E-state index contributed by atoms with van der Waals surface area (Å²) in [5.74, 6) is -0.689. The maximum atomic E-state index is 12.1. The van der Waals surface area contributed by atoms with Crippen LogP contribution in [0.2, 0.25) is 0 Å². The Hall–Kier alpha value is -3.18. The van der Waals surface area contributed by atoms with Crippen molar-refractivity contribution in [1.82, 2.24) is 4.98 Å².